The van der Waals surface area contributed by atoms with Crippen molar-refractivity contribution >= 4 is 11.9 Å². The predicted molar refractivity (Wildman–Crippen MR) is 76.8 cm³/mol. The van der Waals surface area contributed by atoms with E-state index in [0.717, 1.165) is 6.42 Å². The molecule has 0 aromatic heterocycles. The first kappa shape index (κ1) is 17.4. The van der Waals surface area contributed by atoms with Crippen LogP contribution in [-0.4, -0.2) is 23.5 Å². The van der Waals surface area contributed by atoms with Gasteiger partial charge in [0.25, 0.3) is 0 Å². The summed E-state index contributed by atoms with van der Waals surface area (Å²) in [7, 11) is 0. The lowest BCUT2D eigenvalue weighted by Gasteiger charge is -2.19. The van der Waals surface area contributed by atoms with Gasteiger partial charge in [-0.3, -0.25) is 9.59 Å². The van der Waals surface area contributed by atoms with Crippen LogP contribution >= 0.6 is 0 Å². The van der Waals surface area contributed by atoms with Crippen molar-refractivity contribution in [2.45, 2.75) is 40.0 Å². The van der Waals surface area contributed by atoms with Crippen molar-refractivity contribution in [1.82, 2.24) is 5.32 Å². The van der Waals surface area contributed by atoms with E-state index in [9.17, 15) is 9.59 Å². The van der Waals surface area contributed by atoms with Gasteiger partial charge in [0.2, 0.25) is 5.91 Å². The molecule has 1 amide bonds. The van der Waals surface area contributed by atoms with Crippen LogP contribution in [0.2, 0.25) is 0 Å². The van der Waals surface area contributed by atoms with Crippen LogP contribution in [0.3, 0.4) is 0 Å². The van der Waals surface area contributed by atoms with Gasteiger partial charge in [0.1, 0.15) is 0 Å². The maximum Gasteiger partial charge on any atom is 0.303 e. The zero-order chi connectivity index (χ0) is 14.7. The molecule has 0 saturated carbocycles. The SMILES string of the molecule is CC=CC=CC(=O)NCCC(CCC(=O)O)C(C)C. The second kappa shape index (κ2) is 10.4. The van der Waals surface area contributed by atoms with E-state index in [1.165, 1.54) is 6.08 Å². The van der Waals surface area contributed by atoms with Gasteiger partial charge in [-0.2, -0.15) is 0 Å². The predicted octanol–water partition coefficient (Wildman–Crippen LogP) is 2.76. The first-order valence-electron chi connectivity index (χ1n) is 6.76. The Morgan fingerprint density at radius 3 is 2.42 bits per heavy atom. The summed E-state index contributed by atoms with van der Waals surface area (Å²) in [6, 6.07) is 0. The highest BCUT2D eigenvalue weighted by atomic mass is 16.4. The molecular formula is C15H25NO3. The van der Waals surface area contributed by atoms with Gasteiger partial charge >= 0.3 is 5.97 Å². The number of carboxylic acids is 1. The third kappa shape index (κ3) is 10.1. The van der Waals surface area contributed by atoms with Gasteiger partial charge in [-0.1, -0.05) is 32.1 Å². The number of rotatable bonds is 9. The quantitative estimate of drug-likeness (QED) is 0.498. The first-order valence-corrected chi connectivity index (χ1v) is 6.76. The molecule has 4 heteroatoms. The Labute approximate surface area is 115 Å². The fourth-order valence-electron chi connectivity index (χ4n) is 1.81. The molecule has 0 saturated heterocycles. The third-order valence-corrected chi connectivity index (χ3v) is 3.04. The average Bonchev–Trinajstić information content (AvgIpc) is 2.33. The van der Waals surface area contributed by atoms with Gasteiger partial charge in [0.05, 0.1) is 0 Å². The minimum absolute atomic E-state index is 0.112. The second-order valence-electron chi connectivity index (χ2n) is 4.90. The van der Waals surface area contributed by atoms with Gasteiger partial charge in [-0.05, 0) is 31.6 Å². The maximum atomic E-state index is 11.4. The minimum Gasteiger partial charge on any atom is -0.481 e. The molecule has 0 fully saturated rings. The summed E-state index contributed by atoms with van der Waals surface area (Å²) < 4.78 is 0. The summed E-state index contributed by atoms with van der Waals surface area (Å²) in [5, 5.41) is 11.5. The fraction of sp³-hybridized carbons (Fsp3) is 0.600. The van der Waals surface area contributed by atoms with E-state index < -0.39 is 5.97 Å². The number of allylic oxidation sites excluding steroid dienone is 3. The van der Waals surface area contributed by atoms with E-state index in [1.54, 1.807) is 12.2 Å². The topological polar surface area (TPSA) is 66.4 Å². The molecule has 0 rings (SSSR count). The van der Waals surface area contributed by atoms with Crippen molar-refractivity contribution < 1.29 is 14.7 Å². The smallest absolute Gasteiger partial charge is 0.303 e. The molecule has 0 aliphatic heterocycles. The molecule has 0 radical (unpaired) electrons. The number of carbonyl (C=O) groups is 2. The van der Waals surface area contributed by atoms with Crippen LogP contribution in [-0.2, 0) is 9.59 Å². The standard InChI is InChI=1S/C15H25NO3/c1-4-5-6-7-14(17)16-11-10-13(12(2)3)8-9-15(18)19/h4-7,12-13H,8-11H2,1-3H3,(H,16,17)(H,18,19). The summed E-state index contributed by atoms with van der Waals surface area (Å²) in [4.78, 5) is 22.0. The number of hydrogen-bond acceptors (Lipinski definition) is 2. The highest BCUT2D eigenvalue weighted by Gasteiger charge is 2.14. The Morgan fingerprint density at radius 2 is 1.89 bits per heavy atom. The average molecular weight is 267 g/mol. The molecule has 1 atom stereocenters. The van der Waals surface area contributed by atoms with Crippen LogP contribution < -0.4 is 5.32 Å². The molecule has 2 N–H and O–H groups in total. The summed E-state index contributed by atoms with van der Waals surface area (Å²) in [6.45, 7) is 6.64. The lowest BCUT2D eigenvalue weighted by atomic mass is 9.88. The van der Waals surface area contributed by atoms with E-state index in [0.29, 0.717) is 24.8 Å². The molecular weight excluding hydrogens is 242 g/mol. The van der Waals surface area contributed by atoms with E-state index in [1.807, 2.05) is 13.0 Å². The van der Waals surface area contributed by atoms with Crippen molar-refractivity contribution in [2.24, 2.45) is 11.8 Å². The highest BCUT2D eigenvalue weighted by Crippen LogP contribution is 2.20. The van der Waals surface area contributed by atoms with E-state index in [2.05, 4.69) is 19.2 Å². The molecule has 4 nitrogen and oxygen atoms in total. The van der Waals surface area contributed by atoms with Gasteiger partial charge in [-0.25, -0.2) is 0 Å². The monoisotopic (exact) mass is 267 g/mol. The Kier molecular flexibility index (Phi) is 9.49. The van der Waals surface area contributed by atoms with Crippen LogP contribution in [0, 0.1) is 11.8 Å². The molecule has 0 heterocycles. The Morgan fingerprint density at radius 1 is 1.21 bits per heavy atom. The van der Waals surface area contributed by atoms with Crippen molar-refractivity contribution in [3.8, 4) is 0 Å². The Hall–Kier alpha value is -1.58. The van der Waals surface area contributed by atoms with Gasteiger partial charge < -0.3 is 10.4 Å². The minimum atomic E-state index is -0.760. The lowest BCUT2D eigenvalue weighted by Crippen LogP contribution is -2.25. The van der Waals surface area contributed by atoms with Crippen LogP contribution in [0.4, 0.5) is 0 Å². The number of carboxylic acid groups (broad SMARTS) is 1. The Balaban J connectivity index is 3.98. The second-order valence-corrected chi connectivity index (χ2v) is 4.90. The van der Waals surface area contributed by atoms with Crippen LogP contribution in [0.1, 0.15) is 40.0 Å². The lowest BCUT2D eigenvalue weighted by molar-refractivity contribution is -0.137. The van der Waals surface area contributed by atoms with E-state index in [4.69, 9.17) is 5.11 Å². The molecule has 1 unspecified atom stereocenters. The Bertz CT molecular complexity index is 332. The fourth-order valence-corrected chi connectivity index (χ4v) is 1.81. The maximum absolute atomic E-state index is 11.4. The van der Waals surface area contributed by atoms with Crippen molar-refractivity contribution in [1.29, 1.82) is 0 Å². The summed E-state index contributed by atoms with van der Waals surface area (Å²) in [5.74, 6) is -0.117. The largest absolute Gasteiger partial charge is 0.481 e. The number of carbonyl (C=O) groups excluding carboxylic acids is 1. The molecule has 19 heavy (non-hydrogen) atoms. The molecule has 0 bridgehead atoms. The van der Waals surface area contributed by atoms with Crippen LogP contribution in [0.15, 0.2) is 24.3 Å². The van der Waals surface area contributed by atoms with Crippen molar-refractivity contribution in [3.05, 3.63) is 24.3 Å². The highest BCUT2D eigenvalue weighted by molar-refractivity contribution is 5.87. The third-order valence-electron chi connectivity index (χ3n) is 3.04. The van der Waals surface area contributed by atoms with Crippen LogP contribution in [0.25, 0.3) is 0 Å². The van der Waals surface area contributed by atoms with Gasteiger partial charge in [0, 0.05) is 19.0 Å². The molecule has 0 aliphatic carbocycles. The van der Waals surface area contributed by atoms with Gasteiger partial charge in [0.15, 0.2) is 0 Å². The molecule has 108 valence electrons. The zero-order valence-electron chi connectivity index (χ0n) is 12.1. The number of hydrogen-bond donors (Lipinski definition) is 2. The number of amides is 1. The molecule has 0 aliphatic rings. The van der Waals surface area contributed by atoms with Gasteiger partial charge in [-0.15, -0.1) is 0 Å². The first-order chi connectivity index (χ1) is 8.97. The molecule has 0 spiro atoms. The number of nitrogens with one attached hydrogen (secondary N) is 1. The summed E-state index contributed by atoms with van der Waals surface area (Å²) in [6.07, 6.45) is 8.50. The van der Waals surface area contributed by atoms with E-state index in [-0.39, 0.29) is 12.3 Å². The normalized spacial score (nSPS) is 13.3. The van der Waals surface area contributed by atoms with Crippen molar-refractivity contribution in [3.63, 3.8) is 0 Å². The molecule has 0 aromatic carbocycles. The molecule has 0 aromatic rings. The summed E-state index contributed by atoms with van der Waals surface area (Å²) in [5.41, 5.74) is 0. The van der Waals surface area contributed by atoms with E-state index >= 15 is 0 Å². The summed E-state index contributed by atoms with van der Waals surface area (Å²) >= 11 is 0. The zero-order valence-corrected chi connectivity index (χ0v) is 12.1. The number of aliphatic carboxylic acids is 1. The van der Waals surface area contributed by atoms with Crippen molar-refractivity contribution in [2.75, 3.05) is 6.54 Å². The van der Waals surface area contributed by atoms with Crippen LogP contribution in [0.5, 0.6) is 0 Å².